The third-order valence-electron chi connectivity index (χ3n) is 8.04. The Morgan fingerprint density at radius 3 is 2.57 bits per heavy atom. The van der Waals surface area contributed by atoms with Crippen LogP contribution in [0.3, 0.4) is 0 Å². The van der Waals surface area contributed by atoms with Crippen LogP contribution in [0.2, 0.25) is 0 Å². The highest BCUT2D eigenvalue weighted by molar-refractivity contribution is 6.07. The summed E-state index contributed by atoms with van der Waals surface area (Å²) in [5.74, 6) is -1.63. The topological polar surface area (TPSA) is 105 Å². The van der Waals surface area contributed by atoms with E-state index in [1.54, 1.807) is 0 Å². The maximum atomic E-state index is 14.3. The molecule has 1 fully saturated rings. The van der Waals surface area contributed by atoms with E-state index in [-0.39, 0.29) is 31.0 Å². The number of carbonyl (C=O) groups is 3. The van der Waals surface area contributed by atoms with E-state index in [0.29, 0.717) is 11.4 Å². The lowest BCUT2D eigenvalue weighted by atomic mass is 9.80. The lowest BCUT2D eigenvalue weighted by molar-refractivity contribution is -0.136. The van der Waals surface area contributed by atoms with Gasteiger partial charge in [-0.3, -0.25) is 24.1 Å². The summed E-state index contributed by atoms with van der Waals surface area (Å²) in [5, 5.41) is 10.9. The number of nitrogens with zero attached hydrogens (tertiary/aromatic N) is 6. The van der Waals surface area contributed by atoms with Gasteiger partial charge < -0.3 is 10.2 Å². The number of benzene rings is 3. The Kier molecular flexibility index (Phi) is 6.74. The standard InChI is InChI=1S/C31H26FN7O3/c1-33-27-17-31(23-10-6-7-11-24(23)34-30(31)42)19-38(27)29(41)26(16-20-8-4-3-5-9-20)37(2)28(40)25-18-39(36-35-25)22-14-12-21(32)13-15-22/h3-15,18,26-27H,16-17,19H2,2H3,(H,34,42)/t26-,27-,31-/m0/s1. The molecule has 2 aliphatic rings. The van der Waals surface area contributed by atoms with Crippen molar-refractivity contribution in [2.45, 2.75) is 30.5 Å². The first-order chi connectivity index (χ1) is 20.3. The second kappa shape index (κ2) is 10.6. The predicted octanol–water partition coefficient (Wildman–Crippen LogP) is 3.46. The van der Waals surface area contributed by atoms with Crippen molar-refractivity contribution in [2.24, 2.45) is 0 Å². The molecule has 0 saturated carbocycles. The van der Waals surface area contributed by atoms with Gasteiger partial charge in [-0.25, -0.2) is 15.6 Å². The lowest BCUT2D eigenvalue weighted by Gasteiger charge is -2.31. The molecule has 1 N–H and O–H groups in total. The summed E-state index contributed by atoms with van der Waals surface area (Å²) in [6.07, 6.45) is 0.885. The van der Waals surface area contributed by atoms with Gasteiger partial charge in [-0.1, -0.05) is 53.7 Å². The van der Waals surface area contributed by atoms with Crippen LogP contribution in [0.25, 0.3) is 10.5 Å². The molecule has 11 heteroatoms. The molecule has 0 radical (unpaired) electrons. The number of nitrogens with one attached hydrogen (secondary N) is 1. The number of likely N-dealkylation sites (tertiary alicyclic amines) is 1. The third-order valence-corrected chi connectivity index (χ3v) is 8.04. The number of amides is 3. The molecule has 6 rings (SSSR count). The van der Waals surface area contributed by atoms with Crippen LogP contribution in [0, 0.1) is 12.4 Å². The Morgan fingerprint density at radius 2 is 1.83 bits per heavy atom. The Labute approximate surface area is 241 Å². The van der Waals surface area contributed by atoms with E-state index in [0.717, 1.165) is 11.1 Å². The van der Waals surface area contributed by atoms with Gasteiger partial charge in [0.1, 0.15) is 17.3 Å². The smallest absolute Gasteiger partial charge is 0.302 e. The van der Waals surface area contributed by atoms with Gasteiger partial charge in [0.25, 0.3) is 11.8 Å². The van der Waals surface area contributed by atoms with Crippen molar-refractivity contribution in [1.29, 1.82) is 0 Å². The zero-order valence-electron chi connectivity index (χ0n) is 22.6. The fourth-order valence-corrected chi connectivity index (χ4v) is 5.78. The number of fused-ring (bicyclic) bond motifs is 2. The van der Waals surface area contributed by atoms with Gasteiger partial charge in [0.05, 0.1) is 18.3 Å². The van der Waals surface area contributed by atoms with Gasteiger partial charge in [0, 0.05) is 25.7 Å². The van der Waals surface area contributed by atoms with Gasteiger partial charge in [-0.05, 0) is 41.5 Å². The van der Waals surface area contributed by atoms with Gasteiger partial charge in [-0.2, -0.15) is 0 Å². The van der Waals surface area contributed by atoms with E-state index in [1.807, 2.05) is 54.6 Å². The minimum Gasteiger partial charge on any atom is -0.328 e. The zero-order chi connectivity index (χ0) is 29.4. The predicted molar refractivity (Wildman–Crippen MR) is 151 cm³/mol. The summed E-state index contributed by atoms with van der Waals surface area (Å²) in [4.78, 5) is 47.7. The minimum atomic E-state index is -1.04. The Morgan fingerprint density at radius 1 is 1.12 bits per heavy atom. The molecule has 2 aliphatic heterocycles. The molecule has 42 heavy (non-hydrogen) atoms. The maximum absolute atomic E-state index is 14.3. The van der Waals surface area contributed by atoms with Crippen molar-refractivity contribution in [2.75, 3.05) is 18.9 Å². The number of anilines is 1. The van der Waals surface area contributed by atoms with Crippen LogP contribution in [0.1, 0.15) is 28.0 Å². The molecule has 0 unspecified atom stereocenters. The van der Waals surface area contributed by atoms with E-state index in [2.05, 4.69) is 20.5 Å². The monoisotopic (exact) mass is 563 g/mol. The number of rotatable bonds is 6. The number of carbonyl (C=O) groups excluding carboxylic acids is 3. The minimum absolute atomic E-state index is 0.00333. The second-order valence-corrected chi connectivity index (χ2v) is 10.5. The molecule has 1 aromatic heterocycles. The van der Waals surface area contributed by atoms with Crippen molar-refractivity contribution in [3.8, 4) is 5.69 Å². The van der Waals surface area contributed by atoms with Gasteiger partial charge in [-0.15, -0.1) is 5.10 Å². The molecule has 3 atom stereocenters. The molecule has 1 saturated heterocycles. The number of para-hydroxylation sites is 1. The van der Waals surface area contributed by atoms with Crippen molar-refractivity contribution in [1.82, 2.24) is 24.8 Å². The van der Waals surface area contributed by atoms with Crippen LogP contribution >= 0.6 is 0 Å². The number of likely N-dealkylation sites (N-methyl/N-ethyl adjacent to an activating group) is 1. The molecule has 0 aliphatic carbocycles. The van der Waals surface area contributed by atoms with Crippen LogP contribution in [0.5, 0.6) is 0 Å². The van der Waals surface area contributed by atoms with E-state index < -0.39 is 35.3 Å². The zero-order valence-corrected chi connectivity index (χ0v) is 22.6. The first-order valence-corrected chi connectivity index (χ1v) is 13.4. The van der Waals surface area contributed by atoms with Gasteiger partial charge >= 0.3 is 6.17 Å². The largest absolute Gasteiger partial charge is 0.328 e. The Bertz CT molecular complexity index is 1720. The normalized spacial score (nSPS) is 19.7. The average molecular weight is 564 g/mol. The maximum Gasteiger partial charge on any atom is 0.302 e. The highest BCUT2D eigenvalue weighted by Crippen LogP contribution is 2.46. The summed E-state index contributed by atoms with van der Waals surface area (Å²) in [7, 11) is 1.51. The lowest BCUT2D eigenvalue weighted by Crippen LogP contribution is -2.52. The molecule has 3 aromatic carbocycles. The van der Waals surface area contributed by atoms with Crippen molar-refractivity contribution >= 4 is 23.4 Å². The van der Waals surface area contributed by atoms with Crippen LogP contribution < -0.4 is 5.32 Å². The number of hydrogen-bond donors (Lipinski definition) is 1. The number of aromatic nitrogens is 3. The van der Waals surface area contributed by atoms with Crippen molar-refractivity contribution in [3.05, 3.63) is 119 Å². The molecule has 3 heterocycles. The fraction of sp³-hybridized carbons (Fsp3) is 0.226. The molecule has 4 aromatic rings. The van der Waals surface area contributed by atoms with E-state index in [9.17, 15) is 18.8 Å². The van der Waals surface area contributed by atoms with Gasteiger partial charge in [0.2, 0.25) is 5.91 Å². The van der Waals surface area contributed by atoms with Crippen LogP contribution in [-0.2, 0) is 21.4 Å². The van der Waals surface area contributed by atoms with Crippen LogP contribution in [-0.4, -0.2) is 68.3 Å². The van der Waals surface area contributed by atoms with Crippen molar-refractivity contribution in [3.63, 3.8) is 0 Å². The third kappa shape index (κ3) is 4.56. The van der Waals surface area contributed by atoms with E-state index >= 15 is 0 Å². The summed E-state index contributed by atoms with van der Waals surface area (Å²) in [5.41, 5.74) is 1.73. The highest BCUT2D eigenvalue weighted by atomic mass is 19.1. The first kappa shape index (κ1) is 26.8. The second-order valence-electron chi connectivity index (χ2n) is 10.5. The van der Waals surface area contributed by atoms with Crippen LogP contribution in [0.4, 0.5) is 10.1 Å². The quantitative estimate of drug-likeness (QED) is 0.362. The van der Waals surface area contributed by atoms with E-state index in [4.69, 9.17) is 6.57 Å². The fourth-order valence-electron chi connectivity index (χ4n) is 5.78. The van der Waals surface area contributed by atoms with Crippen LogP contribution in [0.15, 0.2) is 85.1 Å². The molecule has 3 amide bonds. The summed E-state index contributed by atoms with van der Waals surface area (Å²) < 4.78 is 14.7. The van der Waals surface area contributed by atoms with Crippen molar-refractivity contribution < 1.29 is 18.8 Å². The Balaban J connectivity index is 1.31. The van der Waals surface area contributed by atoms with Gasteiger partial charge in [0.15, 0.2) is 5.69 Å². The number of hydrogen-bond acceptors (Lipinski definition) is 5. The first-order valence-electron chi connectivity index (χ1n) is 13.4. The molecule has 0 bridgehead atoms. The SMILES string of the molecule is [C-]#[N+][C@@H]1C[C@@]2(CN1C(=O)[C@H](Cc1ccccc1)N(C)C(=O)c1cn(-c3ccc(F)cc3)nn1)C(=O)Nc1ccccc12. The summed E-state index contributed by atoms with van der Waals surface area (Å²) in [6, 6.07) is 21.2. The molecule has 1 spiro atoms. The number of halogens is 1. The van der Waals surface area contributed by atoms with E-state index in [1.165, 1.54) is 52.0 Å². The molecule has 210 valence electrons. The molecular formula is C31H26FN7O3. The molecular weight excluding hydrogens is 537 g/mol. The highest BCUT2D eigenvalue weighted by Gasteiger charge is 2.59. The average Bonchev–Trinajstić information content (AvgIpc) is 3.73. The summed E-state index contributed by atoms with van der Waals surface area (Å²) >= 11 is 0. The Hall–Kier alpha value is -5.37. The summed E-state index contributed by atoms with van der Waals surface area (Å²) in [6.45, 7) is 7.91. The molecule has 10 nitrogen and oxygen atoms in total.